The molecule has 0 aliphatic carbocycles. The van der Waals surface area contributed by atoms with E-state index < -0.39 is 12.2 Å². The smallest absolute Gasteiger partial charge is 0.106 e. The van der Waals surface area contributed by atoms with Gasteiger partial charge in [-0.3, -0.25) is 4.90 Å². The van der Waals surface area contributed by atoms with Crippen LogP contribution in [0.1, 0.15) is 44.6 Å². The second-order valence-corrected chi connectivity index (χ2v) is 6.09. The van der Waals surface area contributed by atoms with Gasteiger partial charge in [0.2, 0.25) is 0 Å². The molecular weight excluding hydrogens is 282 g/mol. The molecule has 1 aromatic rings. The third-order valence-electron chi connectivity index (χ3n) is 4.17. The molecule has 1 aliphatic rings. The van der Waals surface area contributed by atoms with Crippen molar-refractivity contribution in [1.29, 1.82) is 0 Å². The summed E-state index contributed by atoms with van der Waals surface area (Å²) in [7, 11) is 0. The molecule has 3 atom stereocenters. The summed E-state index contributed by atoms with van der Waals surface area (Å²) in [6.45, 7) is 6.48. The monoisotopic (exact) mass is 311 g/mol. The van der Waals surface area contributed by atoms with Crippen molar-refractivity contribution in [3.05, 3.63) is 17.7 Å². The summed E-state index contributed by atoms with van der Waals surface area (Å²) in [4.78, 5) is 9.96. The first-order chi connectivity index (χ1) is 10.7. The third-order valence-corrected chi connectivity index (χ3v) is 4.17. The summed E-state index contributed by atoms with van der Waals surface area (Å²) in [5.41, 5.74) is 1.05. The molecule has 3 N–H and O–H groups in total. The number of aliphatic hydroxyl groups is 2. The van der Waals surface area contributed by atoms with Gasteiger partial charge in [-0.25, -0.2) is 4.98 Å². The number of aromatic nitrogens is 2. The van der Waals surface area contributed by atoms with Gasteiger partial charge in [0.15, 0.2) is 0 Å². The molecule has 2 heterocycles. The van der Waals surface area contributed by atoms with Crippen molar-refractivity contribution in [3.63, 3.8) is 0 Å². The van der Waals surface area contributed by atoms with Gasteiger partial charge in [0, 0.05) is 24.9 Å². The van der Waals surface area contributed by atoms with Gasteiger partial charge < -0.3 is 19.9 Å². The van der Waals surface area contributed by atoms with Crippen LogP contribution in [0.2, 0.25) is 0 Å². The van der Waals surface area contributed by atoms with Crippen molar-refractivity contribution in [2.45, 2.75) is 64.3 Å². The van der Waals surface area contributed by atoms with Gasteiger partial charge in [0.25, 0.3) is 0 Å². The molecule has 0 bridgehead atoms. The van der Waals surface area contributed by atoms with Crippen LogP contribution in [0.5, 0.6) is 0 Å². The topological polar surface area (TPSA) is 81.6 Å². The Morgan fingerprint density at radius 2 is 2.14 bits per heavy atom. The maximum Gasteiger partial charge on any atom is 0.106 e. The Hall–Kier alpha value is -0.950. The van der Waals surface area contributed by atoms with Crippen LogP contribution >= 0.6 is 0 Å². The Bertz CT molecular complexity index is 438. The number of aromatic amines is 1. The van der Waals surface area contributed by atoms with E-state index in [4.69, 9.17) is 4.74 Å². The molecule has 0 spiro atoms. The van der Waals surface area contributed by atoms with Crippen molar-refractivity contribution in [1.82, 2.24) is 14.9 Å². The maximum atomic E-state index is 10.2. The molecule has 22 heavy (non-hydrogen) atoms. The quantitative estimate of drug-likeness (QED) is 0.669. The summed E-state index contributed by atoms with van der Waals surface area (Å²) in [5, 5.41) is 20.0. The Labute approximate surface area is 132 Å². The summed E-state index contributed by atoms with van der Waals surface area (Å²) in [5.74, 6) is 1.02. The van der Waals surface area contributed by atoms with Crippen LogP contribution in [-0.2, 0) is 17.7 Å². The lowest BCUT2D eigenvalue weighted by atomic mass is 10.0. The van der Waals surface area contributed by atoms with Crippen LogP contribution in [0.4, 0.5) is 0 Å². The van der Waals surface area contributed by atoms with Crippen LogP contribution < -0.4 is 0 Å². The zero-order valence-corrected chi connectivity index (χ0v) is 13.7. The van der Waals surface area contributed by atoms with Crippen LogP contribution in [-0.4, -0.2) is 63.1 Å². The van der Waals surface area contributed by atoms with E-state index >= 15 is 0 Å². The van der Waals surface area contributed by atoms with Gasteiger partial charge in [-0.15, -0.1) is 0 Å². The van der Waals surface area contributed by atoms with E-state index in [1.807, 2.05) is 6.20 Å². The van der Waals surface area contributed by atoms with E-state index in [0.29, 0.717) is 13.2 Å². The molecular formula is C16H29N3O3. The molecule has 6 nitrogen and oxygen atoms in total. The van der Waals surface area contributed by atoms with Crippen molar-refractivity contribution in [2.24, 2.45) is 0 Å². The Morgan fingerprint density at radius 3 is 2.86 bits per heavy atom. The van der Waals surface area contributed by atoms with Gasteiger partial charge in [-0.05, 0) is 19.4 Å². The van der Waals surface area contributed by atoms with Gasteiger partial charge in [-0.1, -0.05) is 20.3 Å². The minimum Gasteiger partial charge on any atom is -0.389 e. The fraction of sp³-hybridized carbons (Fsp3) is 0.812. The summed E-state index contributed by atoms with van der Waals surface area (Å²) in [6.07, 6.45) is 4.55. The van der Waals surface area contributed by atoms with Crippen molar-refractivity contribution >= 4 is 0 Å². The highest BCUT2D eigenvalue weighted by Gasteiger charge is 2.35. The molecule has 1 aromatic heterocycles. The average Bonchev–Trinajstić information content (AvgIpc) is 2.95. The predicted molar refractivity (Wildman–Crippen MR) is 84.5 cm³/mol. The van der Waals surface area contributed by atoms with E-state index in [-0.39, 0.29) is 12.6 Å². The lowest BCUT2D eigenvalue weighted by molar-refractivity contribution is -0.134. The number of nitrogens with zero attached hydrogens (tertiary/aromatic N) is 2. The number of hydrogen-bond acceptors (Lipinski definition) is 5. The first-order valence-electron chi connectivity index (χ1n) is 8.36. The molecule has 1 fully saturated rings. The predicted octanol–water partition coefficient (Wildman–Crippen LogP) is 1.08. The molecule has 0 saturated carbocycles. The number of nitrogens with one attached hydrogen (secondary N) is 1. The molecule has 0 aromatic carbocycles. The standard InChI is InChI=1S/C16H29N3O3/c1-3-5-6-15-17-8-12(18-15)9-19(7-4-2)13-10-22-11-14(20)16(13)21/h8,13-14,16,20-21H,3-7,9-11H2,1-2H3,(H,17,18)/t13-,14-,16+/m1/s1. The van der Waals surface area contributed by atoms with Gasteiger partial charge in [0.1, 0.15) is 11.9 Å². The normalized spacial score (nSPS) is 25.8. The molecule has 1 saturated heterocycles. The zero-order valence-electron chi connectivity index (χ0n) is 13.7. The lowest BCUT2D eigenvalue weighted by Crippen LogP contribution is -2.55. The largest absolute Gasteiger partial charge is 0.389 e. The number of aryl methyl sites for hydroxylation is 1. The Balaban J connectivity index is 2.00. The second kappa shape index (κ2) is 8.62. The Morgan fingerprint density at radius 1 is 1.32 bits per heavy atom. The van der Waals surface area contributed by atoms with E-state index in [2.05, 4.69) is 28.7 Å². The zero-order chi connectivity index (χ0) is 15.9. The summed E-state index contributed by atoms with van der Waals surface area (Å²) >= 11 is 0. The first-order valence-corrected chi connectivity index (χ1v) is 8.36. The molecule has 0 amide bonds. The fourth-order valence-electron chi connectivity index (χ4n) is 2.91. The highest BCUT2D eigenvalue weighted by Crippen LogP contribution is 2.18. The van der Waals surface area contributed by atoms with Crippen LogP contribution in [0.3, 0.4) is 0 Å². The molecule has 0 unspecified atom stereocenters. The van der Waals surface area contributed by atoms with E-state index in [0.717, 1.165) is 43.7 Å². The van der Waals surface area contributed by atoms with Gasteiger partial charge in [-0.2, -0.15) is 0 Å². The SMILES string of the molecule is CCCCc1ncc(CN(CCC)[C@@H]2COC[C@@H](O)[C@H]2O)[nH]1. The Kier molecular flexibility index (Phi) is 6.82. The number of unbranched alkanes of at least 4 members (excludes halogenated alkanes) is 1. The molecule has 0 radical (unpaired) electrons. The third kappa shape index (κ3) is 4.52. The number of ether oxygens (including phenoxy) is 1. The van der Waals surface area contributed by atoms with Crippen molar-refractivity contribution < 1.29 is 14.9 Å². The molecule has 2 rings (SSSR count). The van der Waals surface area contributed by atoms with E-state index in [1.54, 1.807) is 0 Å². The first kappa shape index (κ1) is 17.4. The van der Waals surface area contributed by atoms with Crippen LogP contribution in [0.25, 0.3) is 0 Å². The number of H-pyrrole nitrogens is 1. The lowest BCUT2D eigenvalue weighted by Gasteiger charge is -2.39. The highest BCUT2D eigenvalue weighted by molar-refractivity contribution is 5.02. The number of aliphatic hydroxyl groups excluding tert-OH is 2. The molecule has 126 valence electrons. The summed E-state index contributed by atoms with van der Waals surface area (Å²) in [6, 6.07) is -0.175. The van der Waals surface area contributed by atoms with Gasteiger partial charge >= 0.3 is 0 Å². The van der Waals surface area contributed by atoms with Crippen LogP contribution in [0.15, 0.2) is 6.20 Å². The maximum absolute atomic E-state index is 10.2. The number of imidazole rings is 1. The summed E-state index contributed by atoms with van der Waals surface area (Å²) < 4.78 is 5.41. The minimum atomic E-state index is -0.806. The van der Waals surface area contributed by atoms with Crippen molar-refractivity contribution in [2.75, 3.05) is 19.8 Å². The second-order valence-electron chi connectivity index (χ2n) is 6.09. The fourth-order valence-corrected chi connectivity index (χ4v) is 2.91. The highest BCUT2D eigenvalue weighted by atomic mass is 16.5. The number of rotatable bonds is 8. The van der Waals surface area contributed by atoms with Crippen LogP contribution in [0, 0.1) is 0 Å². The van der Waals surface area contributed by atoms with Gasteiger partial charge in [0.05, 0.1) is 25.4 Å². The van der Waals surface area contributed by atoms with E-state index in [9.17, 15) is 10.2 Å². The van der Waals surface area contributed by atoms with Crippen molar-refractivity contribution in [3.8, 4) is 0 Å². The number of hydrogen-bond donors (Lipinski definition) is 3. The molecule has 6 heteroatoms. The minimum absolute atomic E-state index is 0.175. The molecule has 1 aliphatic heterocycles. The average molecular weight is 311 g/mol. The van der Waals surface area contributed by atoms with E-state index in [1.165, 1.54) is 0 Å².